The number of nitrogens with two attached hydrogens (primary N) is 1. The van der Waals surface area contributed by atoms with Crippen molar-refractivity contribution in [3.63, 3.8) is 0 Å². The van der Waals surface area contributed by atoms with Gasteiger partial charge in [0.05, 0.1) is 0 Å². The van der Waals surface area contributed by atoms with Crippen molar-refractivity contribution in [3.8, 4) is 0 Å². The van der Waals surface area contributed by atoms with E-state index in [-0.39, 0.29) is 0 Å². The number of nitrogen functional groups attached to an aromatic ring is 1. The standard InChI is InChI=1S/C11H14N2O.C2H6/c1-2-3-4-11-13-9-6-5-8(12)7-10(9)14-11;1-2/h5-7H,2-4,12H2,1H3;1-2H3. The predicted molar refractivity (Wildman–Crippen MR) is 68.4 cm³/mol. The molecular formula is C13H20N2O. The maximum absolute atomic E-state index is 5.65. The first-order valence-electron chi connectivity index (χ1n) is 5.94. The van der Waals surface area contributed by atoms with Crippen molar-refractivity contribution >= 4 is 16.8 Å². The number of fused-ring (bicyclic) bond motifs is 1. The second kappa shape index (κ2) is 6.16. The van der Waals surface area contributed by atoms with Crippen molar-refractivity contribution in [2.24, 2.45) is 0 Å². The minimum absolute atomic E-state index is 0.718. The molecule has 88 valence electrons. The Bertz CT molecular complexity index is 434. The van der Waals surface area contributed by atoms with E-state index in [1.54, 1.807) is 0 Å². The summed E-state index contributed by atoms with van der Waals surface area (Å²) in [5, 5.41) is 0. The third-order valence-electron chi connectivity index (χ3n) is 2.20. The van der Waals surface area contributed by atoms with Gasteiger partial charge in [0.15, 0.2) is 11.5 Å². The lowest BCUT2D eigenvalue weighted by Crippen LogP contribution is -1.82. The summed E-state index contributed by atoms with van der Waals surface area (Å²) in [6.07, 6.45) is 3.17. The average Bonchev–Trinajstić information content (AvgIpc) is 2.71. The molecule has 2 N–H and O–H groups in total. The van der Waals surface area contributed by atoms with E-state index in [0.29, 0.717) is 0 Å². The number of oxazole rings is 1. The maximum atomic E-state index is 5.65. The van der Waals surface area contributed by atoms with E-state index >= 15 is 0 Å². The van der Waals surface area contributed by atoms with Crippen LogP contribution in [0.1, 0.15) is 39.5 Å². The van der Waals surface area contributed by atoms with Crippen LogP contribution in [0.25, 0.3) is 11.1 Å². The van der Waals surface area contributed by atoms with Gasteiger partial charge in [-0.05, 0) is 18.6 Å². The molecule has 0 bridgehead atoms. The quantitative estimate of drug-likeness (QED) is 0.801. The van der Waals surface area contributed by atoms with Gasteiger partial charge in [-0.25, -0.2) is 4.98 Å². The van der Waals surface area contributed by atoms with Crippen LogP contribution in [-0.4, -0.2) is 4.98 Å². The Morgan fingerprint density at radius 1 is 1.31 bits per heavy atom. The molecule has 2 aromatic rings. The lowest BCUT2D eigenvalue weighted by atomic mass is 10.2. The summed E-state index contributed by atoms with van der Waals surface area (Å²) in [5.74, 6) is 0.812. The molecule has 0 atom stereocenters. The molecule has 0 aliphatic heterocycles. The van der Waals surface area contributed by atoms with Gasteiger partial charge in [0.2, 0.25) is 0 Å². The van der Waals surface area contributed by atoms with Crippen LogP contribution < -0.4 is 5.73 Å². The Balaban J connectivity index is 0.000000606. The number of anilines is 1. The topological polar surface area (TPSA) is 52.0 Å². The highest BCUT2D eigenvalue weighted by atomic mass is 16.3. The van der Waals surface area contributed by atoms with Gasteiger partial charge in [0.25, 0.3) is 0 Å². The first kappa shape index (κ1) is 12.6. The Hall–Kier alpha value is -1.51. The van der Waals surface area contributed by atoms with Gasteiger partial charge in [-0.3, -0.25) is 0 Å². The van der Waals surface area contributed by atoms with Crippen LogP contribution in [-0.2, 0) is 6.42 Å². The van der Waals surface area contributed by atoms with E-state index in [0.717, 1.165) is 41.9 Å². The fourth-order valence-corrected chi connectivity index (χ4v) is 1.42. The predicted octanol–water partition coefficient (Wildman–Crippen LogP) is 3.78. The van der Waals surface area contributed by atoms with E-state index in [1.165, 1.54) is 0 Å². The van der Waals surface area contributed by atoms with Crippen molar-refractivity contribution in [1.29, 1.82) is 0 Å². The third kappa shape index (κ3) is 2.99. The number of hydrogen-bond donors (Lipinski definition) is 1. The van der Waals surface area contributed by atoms with Gasteiger partial charge in [-0.2, -0.15) is 0 Å². The summed E-state index contributed by atoms with van der Waals surface area (Å²) in [6, 6.07) is 5.55. The largest absolute Gasteiger partial charge is 0.441 e. The molecule has 3 nitrogen and oxygen atoms in total. The van der Waals surface area contributed by atoms with E-state index in [1.807, 2.05) is 32.0 Å². The van der Waals surface area contributed by atoms with Crippen LogP contribution in [0.5, 0.6) is 0 Å². The van der Waals surface area contributed by atoms with E-state index in [2.05, 4.69) is 11.9 Å². The molecule has 0 aliphatic rings. The van der Waals surface area contributed by atoms with Gasteiger partial charge >= 0.3 is 0 Å². The molecule has 0 unspecified atom stereocenters. The van der Waals surface area contributed by atoms with Crippen LogP contribution in [0, 0.1) is 0 Å². The third-order valence-corrected chi connectivity index (χ3v) is 2.20. The molecule has 2 rings (SSSR count). The van der Waals surface area contributed by atoms with Crippen molar-refractivity contribution in [2.45, 2.75) is 40.0 Å². The summed E-state index contributed by atoms with van der Waals surface area (Å²) >= 11 is 0. The highest BCUT2D eigenvalue weighted by molar-refractivity contribution is 5.76. The molecule has 0 fully saturated rings. The highest BCUT2D eigenvalue weighted by Crippen LogP contribution is 2.19. The van der Waals surface area contributed by atoms with Gasteiger partial charge < -0.3 is 10.2 Å². The Labute approximate surface area is 96.7 Å². The number of unbranched alkanes of at least 4 members (excludes halogenated alkanes) is 1. The number of nitrogens with zero attached hydrogens (tertiary/aromatic N) is 1. The van der Waals surface area contributed by atoms with E-state index in [9.17, 15) is 0 Å². The molecule has 0 amide bonds. The lowest BCUT2D eigenvalue weighted by molar-refractivity contribution is 0.518. The minimum Gasteiger partial charge on any atom is -0.441 e. The number of benzene rings is 1. The first-order chi connectivity index (χ1) is 7.79. The summed E-state index contributed by atoms with van der Waals surface area (Å²) in [7, 11) is 0. The number of hydrogen-bond acceptors (Lipinski definition) is 3. The number of aryl methyl sites for hydroxylation is 1. The Morgan fingerprint density at radius 3 is 2.75 bits per heavy atom. The van der Waals surface area contributed by atoms with Crippen LogP contribution >= 0.6 is 0 Å². The summed E-state index contributed by atoms with van der Waals surface area (Å²) in [6.45, 7) is 6.15. The van der Waals surface area contributed by atoms with Gasteiger partial charge in [-0.15, -0.1) is 0 Å². The fourth-order valence-electron chi connectivity index (χ4n) is 1.42. The Kier molecular flexibility index (Phi) is 4.83. The number of aromatic nitrogens is 1. The Morgan fingerprint density at radius 2 is 2.06 bits per heavy atom. The van der Waals surface area contributed by atoms with Crippen molar-refractivity contribution in [1.82, 2.24) is 4.98 Å². The lowest BCUT2D eigenvalue weighted by Gasteiger charge is -1.90. The zero-order valence-electron chi connectivity index (χ0n) is 10.3. The van der Waals surface area contributed by atoms with E-state index in [4.69, 9.17) is 10.2 Å². The highest BCUT2D eigenvalue weighted by Gasteiger charge is 2.04. The zero-order chi connectivity index (χ0) is 12.0. The summed E-state index contributed by atoms with van der Waals surface area (Å²) in [4.78, 5) is 4.37. The zero-order valence-corrected chi connectivity index (χ0v) is 10.3. The molecule has 1 aromatic carbocycles. The maximum Gasteiger partial charge on any atom is 0.195 e. The summed E-state index contributed by atoms with van der Waals surface area (Å²) in [5.41, 5.74) is 8.05. The molecule has 3 heteroatoms. The second-order valence-corrected chi connectivity index (χ2v) is 3.44. The van der Waals surface area contributed by atoms with Crippen LogP contribution in [0.4, 0.5) is 5.69 Å². The molecule has 16 heavy (non-hydrogen) atoms. The molecule has 0 radical (unpaired) electrons. The SMILES string of the molecule is CC.CCCCc1nc2ccc(N)cc2o1. The fraction of sp³-hybridized carbons (Fsp3) is 0.462. The minimum atomic E-state index is 0.718. The summed E-state index contributed by atoms with van der Waals surface area (Å²) < 4.78 is 5.56. The smallest absolute Gasteiger partial charge is 0.195 e. The molecule has 0 aliphatic carbocycles. The van der Waals surface area contributed by atoms with Crippen LogP contribution in [0.3, 0.4) is 0 Å². The van der Waals surface area contributed by atoms with Gasteiger partial charge in [0, 0.05) is 18.2 Å². The van der Waals surface area contributed by atoms with Gasteiger partial charge in [-0.1, -0.05) is 27.2 Å². The van der Waals surface area contributed by atoms with Crippen molar-refractivity contribution in [2.75, 3.05) is 5.73 Å². The molecule has 0 saturated carbocycles. The monoisotopic (exact) mass is 220 g/mol. The molecule has 1 aromatic heterocycles. The van der Waals surface area contributed by atoms with Crippen molar-refractivity contribution < 1.29 is 4.42 Å². The molecule has 1 heterocycles. The molecule has 0 spiro atoms. The molecular weight excluding hydrogens is 200 g/mol. The molecule has 0 saturated heterocycles. The normalized spacial score (nSPS) is 9.94. The van der Waals surface area contributed by atoms with Gasteiger partial charge in [0.1, 0.15) is 5.52 Å². The van der Waals surface area contributed by atoms with E-state index < -0.39 is 0 Å². The first-order valence-corrected chi connectivity index (χ1v) is 5.94. The van der Waals surface area contributed by atoms with Crippen LogP contribution in [0.15, 0.2) is 22.6 Å². The average molecular weight is 220 g/mol. The van der Waals surface area contributed by atoms with Crippen molar-refractivity contribution in [3.05, 3.63) is 24.1 Å². The second-order valence-electron chi connectivity index (χ2n) is 3.44. The number of rotatable bonds is 3. The van der Waals surface area contributed by atoms with Crippen LogP contribution in [0.2, 0.25) is 0 Å².